The minimum Gasteiger partial charge on any atom is -0.507 e. The van der Waals surface area contributed by atoms with Gasteiger partial charge < -0.3 is 5.11 Å². The lowest BCUT2D eigenvalue weighted by Gasteiger charge is -2.25. The molecular formula is C24H19ClN2O5S. The van der Waals surface area contributed by atoms with Gasteiger partial charge >= 0.3 is 0 Å². The van der Waals surface area contributed by atoms with Crippen molar-refractivity contribution in [2.24, 2.45) is 5.14 Å². The SMILES string of the molecule is Cc1ccc(C(O)=C2C(=O)C(=O)N(c3ccc(S(N)(=O)=O)cc3)C2c2ccc(Cl)cc2)cc1. The predicted octanol–water partition coefficient (Wildman–Crippen LogP) is 3.92. The van der Waals surface area contributed by atoms with Crippen LogP contribution in [0.2, 0.25) is 5.02 Å². The number of sulfonamides is 1. The molecule has 33 heavy (non-hydrogen) atoms. The monoisotopic (exact) mass is 482 g/mol. The maximum atomic E-state index is 13.1. The van der Waals surface area contributed by atoms with Gasteiger partial charge in [-0.25, -0.2) is 13.6 Å². The molecule has 0 aliphatic carbocycles. The molecule has 1 atom stereocenters. The number of Topliss-reactive ketones (excluding diaryl/α,β-unsaturated/α-hetero) is 1. The standard InChI is InChI=1S/C24H19ClN2O5S/c1-14-2-4-16(5-3-14)22(28)20-21(15-6-8-17(25)9-7-15)27(24(30)23(20)29)18-10-12-19(13-11-18)33(26,31)32/h2-13,21,28H,1H3,(H2,26,31,32). The fourth-order valence-electron chi connectivity index (χ4n) is 3.72. The Morgan fingerprint density at radius 2 is 1.52 bits per heavy atom. The van der Waals surface area contributed by atoms with Gasteiger partial charge in [-0.1, -0.05) is 53.6 Å². The molecule has 3 aromatic rings. The fraction of sp³-hybridized carbons (Fsp3) is 0.0833. The van der Waals surface area contributed by atoms with Crippen molar-refractivity contribution >= 4 is 44.8 Å². The molecule has 4 rings (SSSR count). The average Bonchev–Trinajstić information content (AvgIpc) is 3.04. The predicted molar refractivity (Wildman–Crippen MR) is 125 cm³/mol. The number of rotatable bonds is 4. The van der Waals surface area contributed by atoms with Crippen molar-refractivity contribution in [3.05, 3.63) is 100 Å². The lowest BCUT2D eigenvalue weighted by atomic mass is 9.95. The van der Waals surface area contributed by atoms with Crippen molar-refractivity contribution in [3.63, 3.8) is 0 Å². The summed E-state index contributed by atoms with van der Waals surface area (Å²) in [5.74, 6) is -2.02. The van der Waals surface area contributed by atoms with Crippen LogP contribution in [0.25, 0.3) is 5.76 Å². The van der Waals surface area contributed by atoms with Crippen molar-refractivity contribution in [1.82, 2.24) is 0 Å². The summed E-state index contributed by atoms with van der Waals surface area (Å²) in [6.45, 7) is 1.89. The summed E-state index contributed by atoms with van der Waals surface area (Å²) in [5.41, 5.74) is 2.09. The Hall–Kier alpha value is -3.46. The quantitative estimate of drug-likeness (QED) is 0.332. The molecule has 0 spiro atoms. The van der Waals surface area contributed by atoms with Gasteiger partial charge in [0.15, 0.2) is 0 Å². The van der Waals surface area contributed by atoms with Crippen molar-refractivity contribution in [3.8, 4) is 0 Å². The van der Waals surface area contributed by atoms with Gasteiger partial charge in [-0.3, -0.25) is 14.5 Å². The first-order valence-electron chi connectivity index (χ1n) is 9.84. The number of hydrogen-bond donors (Lipinski definition) is 2. The Labute approximate surface area is 195 Å². The lowest BCUT2D eigenvalue weighted by molar-refractivity contribution is -0.132. The third-order valence-corrected chi connectivity index (χ3v) is 6.58. The first-order valence-corrected chi connectivity index (χ1v) is 11.8. The zero-order valence-electron chi connectivity index (χ0n) is 17.4. The number of carbonyl (C=O) groups is 2. The van der Waals surface area contributed by atoms with Crippen molar-refractivity contribution in [1.29, 1.82) is 0 Å². The Bertz CT molecular complexity index is 1380. The summed E-state index contributed by atoms with van der Waals surface area (Å²) in [7, 11) is -3.94. The summed E-state index contributed by atoms with van der Waals surface area (Å²) in [6.07, 6.45) is 0. The number of aliphatic hydroxyl groups excluding tert-OH is 1. The van der Waals surface area contributed by atoms with E-state index in [1.54, 1.807) is 48.5 Å². The molecule has 168 valence electrons. The van der Waals surface area contributed by atoms with Crippen LogP contribution >= 0.6 is 11.6 Å². The third-order valence-electron chi connectivity index (χ3n) is 5.40. The largest absolute Gasteiger partial charge is 0.507 e. The van der Waals surface area contributed by atoms with Crippen LogP contribution in [0.3, 0.4) is 0 Å². The zero-order chi connectivity index (χ0) is 23.9. The molecular weight excluding hydrogens is 464 g/mol. The van der Waals surface area contributed by atoms with Crippen LogP contribution in [0, 0.1) is 6.92 Å². The van der Waals surface area contributed by atoms with E-state index in [9.17, 15) is 23.1 Å². The second-order valence-corrected chi connectivity index (χ2v) is 9.62. The molecule has 3 N–H and O–H groups in total. The van der Waals surface area contributed by atoms with E-state index in [1.807, 2.05) is 6.92 Å². The summed E-state index contributed by atoms with van der Waals surface area (Å²) in [6, 6.07) is 17.8. The zero-order valence-corrected chi connectivity index (χ0v) is 19.0. The molecule has 0 bridgehead atoms. The molecule has 1 aliphatic rings. The van der Waals surface area contributed by atoms with Gasteiger partial charge in [-0.2, -0.15) is 0 Å². The van der Waals surface area contributed by atoms with Crippen molar-refractivity contribution in [2.75, 3.05) is 4.90 Å². The van der Waals surface area contributed by atoms with E-state index in [-0.39, 0.29) is 21.9 Å². The number of halogens is 1. The van der Waals surface area contributed by atoms with E-state index >= 15 is 0 Å². The molecule has 1 unspecified atom stereocenters. The van der Waals surface area contributed by atoms with E-state index in [1.165, 1.54) is 29.2 Å². The number of aliphatic hydroxyl groups is 1. The number of anilines is 1. The molecule has 1 amide bonds. The Morgan fingerprint density at radius 3 is 2.06 bits per heavy atom. The first kappa shape index (κ1) is 22.7. The van der Waals surface area contributed by atoms with E-state index in [2.05, 4.69) is 0 Å². The number of nitrogens with zero attached hydrogens (tertiary/aromatic N) is 1. The molecule has 1 saturated heterocycles. The highest BCUT2D eigenvalue weighted by molar-refractivity contribution is 7.89. The number of primary sulfonamides is 1. The molecule has 1 fully saturated rings. The highest BCUT2D eigenvalue weighted by Gasteiger charge is 2.47. The Kier molecular flexibility index (Phi) is 5.84. The molecule has 1 aliphatic heterocycles. The smallest absolute Gasteiger partial charge is 0.300 e. The average molecular weight is 483 g/mol. The van der Waals surface area contributed by atoms with Crippen molar-refractivity contribution < 1.29 is 23.1 Å². The molecule has 0 radical (unpaired) electrons. The van der Waals surface area contributed by atoms with Gasteiger partial charge in [-0.05, 0) is 48.9 Å². The summed E-state index contributed by atoms with van der Waals surface area (Å²) >= 11 is 6.02. The van der Waals surface area contributed by atoms with E-state index in [4.69, 9.17) is 16.7 Å². The number of hydrogen-bond acceptors (Lipinski definition) is 5. The van der Waals surface area contributed by atoms with Crippen molar-refractivity contribution in [2.45, 2.75) is 17.9 Å². The summed E-state index contributed by atoms with van der Waals surface area (Å²) < 4.78 is 23.2. The molecule has 0 saturated carbocycles. The van der Waals surface area contributed by atoms with Gasteiger partial charge in [0.2, 0.25) is 10.0 Å². The molecule has 1 heterocycles. The van der Waals surface area contributed by atoms with Gasteiger partial charge in [0.1, 0.15) is 5.76 Å². The Balaban J connectivity index is 1.91. The van der Waals surface area contributed by atoms with Gasteiger partial charge in [0.25, 0.3) is 11.7 Å². The molecule has 7 nitrogen and oxygen atoms in total. The minimum absolute atomic E-state index is 0.0818. The molecule has 0 aromatic heterocycles. The maximum Gasteiger partial charge on any atom is 0.300 e. The third kappa shape index (κ3) is 4.28. The number of nitrogens with two attached hydrogens (primary N) is 1. The van der Waals surface area contributed by atoms with Crippen LogP contribution in [0.1, 0.15) is 22.7 Å². The number of benzene rings is 3. The van der Waals surface area contributed by atoms with E-state index in [0.29, 0.717) is 16.1 Å². The highest BCUT2D eigenvalue weighted by atomic mass is 35.5. The summed E-state index contributed by atoms with van der Waals surface area (Å²) in [4.78, 5) is 27.3. The summed E-state index contributed by atoms with van der Waals surface area (Å²) in [5, 5.41) is 16.7. The normalized spacial score (nSPS) is 18.0. The number of aryl methyl sites for hydroxylation is 1. The van der Waals surface area contributed by atoms with E-state index < -0.39 is 27.8 Å². The van der Waals surface area contributed by atoms with Crippen LogP contribution in [0.15, 0.2) is 83.3 Å². The van der Waals surface area contributed by atoms with Crippen LogP contribution in [0.4, 0.5) is 5.69 Å². The van der Waals surface area contributed by atoms with E-state index in [0.717, 1.165) is 5.56 Å². The minimum atomic E-state index is -3.94. The van der Waals surface area contributed by atoms with Gasteiger partial charge in [0, 0.05) is 16.3 Å². The van der Waals surface area contributed by atoms with Gasteiger partial charge in [-0.15, -0.1) is 0 Å². The second kappa shape index (κ2) is 8.47. The highest BCUT2D eigenvalue weighted by Crippen LogP contribution is 2.42. The van der Waals surface area contributed by atoms with Crippen LogP contribution in [0.5, 0.6) is 0 Å². The van der Waals surface area contributed by atoms with Crippen LogP contribution < -0.4 is 10.0 Å². The first-order chi connectivity index (χ1) is 15.6. The van der Waals surface area contributed by atoms with Gasteiger partial charge in [0.05, 0.1) is 16.5 Å². The van der Waals surface area contributed by atoms with Crippen LogP contribution in [-0.2, 0) is 19.6 Å². The maximum absolute atomic E-state index is 13.1. The molecule has 9 heteroatoms. The number of amides is 1. The number of ketones is 1. The topological polar surface area (TPSA) is 118 Å². The van der Waals surface area contributed by atoms with Crippen LogP contribution in [-0.4, -0.2) is 25.2 Å². The number of carbonyl (C=O) groups excluding carboxylic acids is 2. The second-order valence-electron chi connectivity index (χ2n) is 7.63. The lowest BCUT2D eigenvalue weighted by Crippen LogP contribution is -2.29. The fourth-order valence-corrected chi connectivity index (χ4v) is 4.36. The Morgan fingerprint density at radius 1 is 0.939 bits per heavy atom. The molecule has 3 aromatic carbocycles.